The second-order valence-electron chi connectivity index (χ2n) is 6.96. The Bertz CT molecular complexity index is 379. The van der Waals surface area contributed by atoms with Crippen molar-refractivity contribution < 1.29 is 4.79 Å². The van der Waals surface area contributed by atoms with Crippen LogP contribution in [0, 0.1) is 34.5 Å². The molecule has 16 heavy (non-hydrogen) atoms. The molecule has 2 saturated carbocycles. The van der Waals surface area contributed by atoms with Crippen LogP contribution in [0.3, 0.4) is 0 Å². The van der Waals surface area contributed by atoms with Crippen molar-refractivity contribution in [1.29, 1.82) is 0 Å². The Labute approximate surface area is 98.3 Å². The second kappa shape index (κ2) is 2.80. The maximum atomic E-state index is 12.1. The lowest BCUT2D eigenvalue weighted by atomic mass is 9.56. The monoisotopic (exact) mass is 218 g/mol. The summed E-state index contributed by atoms with van der Waals surface area (Å²) in [5.74, 6) is 2.84. The van der Waals surface area contributed by atoms with Crippen molar-refractivity contribution in [2.45, 2.75) is 40.5 Å². The molecule has 0 aromatic heterocycles. The lowest BCUT2D eigenvalue weighted by Gasteiger charge is -2.47. The molecule has 1 heteroatoms. The van der Waals surface area contributed by atoms with Crippen molar-refractivity contribution in [3.05, 3.63) is 12.2 Å². The zero-order valence-electron chi connectivity index (χ0n) is 10.8. The number of rotatable bonds is 0. The maximum Gasteiger partial charge on any atom is 0.140 e. The molecule has 88 valence electrons. The molecule has 3 rings (SSSR count). The minimum absolute atomic E-state index is 0.208. The molecular weight excluding hydrogens is 196 g/mol. The summed E-state index contributed by atoms with van der Waals surface area (Å²) < 4.78 is 0. The van der Waals surface area contributed by atoms with Gasteiger partial charge in [-0.15, -0.1) is 0 Å². The number of carbonyl (C=O) groups excluding carboxylic acids is 1. The normalized spacial score (nSPS) is 53.1. The van der Waals surface area contributed by atoms with E-state index in [1.54, 1.807) is 0 Å². The molecule has 5 unspecified atom stereocenters. The highest BCUT2D eigenvalue weighted by Crippen LogP contribution is 2.73. The predicted molar refractivity (Wildman–Crippen MR) is 64.9 cm³/mol. The summed E-state index contributed by atoms with van der Waals surface area (Å²) in [6.07, 6.45) is 6.45. The Hall–Kier alpha value is -0.590. The molecular formula is C15H22O. The van der Waals surface area contributed by atoms with Gasteiger partial charge < -0.3 is 0 Å². The second-order valence-corrected chi connectivity index (χ2v) is 6.96. The molecule has 3 aliphatic rings. The maximum absolute atomic E-state index is 12.1. The molecule has 0 bridgehead atoms. The van der Waals surface area contributed by atoms with Gasteiger partial charge in [-0.25, -0.2) is 0 Å². The van der Waals surface area contributed by atoms with E-state index in [4.69, 9.17) is 0 Å². The fourth-order valence-corrected chi connectivity index (χ4v) is 4.75. The minimum atomic E-state index is 0.208. The van der Waals surface area contributed by atoms with Gasteiger partial charge in [0.1, 0.15) is 5.78 Å². The summed E-state index contributed by atoms with van der Waals surface area (Å²) in [5.41, 5.74) is 0.657. The van der Waals surface area contributed by atoms with E-state index in [1.807, 2.05) is 0 Å². The third kappa shape index (κ3) is 1.00. The number of ketones is 1. The Morgan fingerprint density at radius 1 is 1.25 bits per heavy atom. The highest BCUT2D eigenvalue weighted by molar-refractivity contribution is 5.85. The van der Waals surface area contributed by atoms with Gasteiger partial charge in [0, 0.05) is 12.3 Å². The smallest absolute Gasteiger partial charge is 0.140 e. The summed E-state index contributed by atoms with van der Waals surface area (Å²) in [6, 6.07) is 0. The van der Waals surface area contributed by atoms with Crippen LogP contribution in [0.5, 0.6) is 0 Å². The van der Waals surface area contributed by atoms with Gasteiger partial charge in [0.05, 0.1) is 0 Å². The van der Waals surface area contributed by atoms with Gasteiger partial charge in [0.2, 0.25) is 0 Å². The summed E-state index contributed by atoms with van der Waals surface area (Å²) in [7, 11) is 0. The molecule has 0 aliphatic heterocycles. The molecule has 0 heterocycles. The number of allylic oxidation sites excluding steroid dienone is 2. The number of fused-ring (bicyclic) bond motifs is 3. The molecule has 3 aliphatic carbocycles. The predicted octanol–water partition coefficient (Wildman–Crippen LogP) is 3.45. The van der Waals surface area contributed by atoms with E-state index >= 15 is 0 Å². The summed E-state index contributed by atoms with van der Waals surface area (Å²) >= 11 is 0. The Balaban J connectivity index is 2.06. The number of hydrogen-bond acceptors (Lipinski definition) is 1. The van der Waals surface area contributed by atoms with E-state index in [0.29, 0.717) is 17.1 Å². The molecule has 0 aromatic carbocycles. The minimum Gasteiger partial charge on any atom is -0.299 e. The van der Waals surface area contributed by atoms with Crippen molar-refractivity contribution >= 4 is 5.78 Å². The molecule has 0 N–H and O–H groups in total. The molecule has 0 aromatic rings. The lowest BCUT2D eigenvalue weighted by Crippen LogP contribution is -2.45. The third-order valence-electron chi connectivity index (χ3n) is 5.99. The van der Waals surface area contributed by atoms with Gasteiger partial charge in [-0.3, -0.25) is 4.79 Å². The molecule has 1 nitrogen and oxygen atoms in total. The van der Waals surface area contributed by atoms with Crippen LogP contribution in [-0.4, -0.2) is 5.78 Å². The fraction of sp³-hybridized carbons (Fsp3) is 0.800. The fourth-order valence-electron chi connectivity index (χ4n) is 4.75. The number of hydrogen-bond donors (Lipinski definition) is 0. The van der Waals surface area contributed by atoms with E-state index in [-0.39, 0.29) is 11.3 Å². The van der Waals surface area contributed by atoms with E-state index < -0.39 is 0 Å². The van der Waals surface area contributed by atoms with Crippen LogP contribution in [0.1, 0.15) is 40.5 Å². The molecule has 0 radical (unpaired) electrons. The van der Waals surface area contributed by atoms with Crippen LogP contribution in [0.25, 0.3) is 0 Å². The number of carbonyl (C=O) groups is 1. The first kappa shape index (κ1) is 10.6. The van der Waals surface area contributed by atoms with Crippen LogP contribution in [0.4, 0.5) is 0 Å². The van der Waals surface area contributed by atoms with E-state index in [1.165, 1.54) is 0 Å². The van der Waals surface area contributed by atoms with Gasteiger partial charge in [-0.1, -0.05) is 39.8 Å². The lowest BCUT2D eigenvalue weighted by molar-refractivity contribution is -0.132. The zero-order chi connectivity index (χ0) is 11.7. The Kier molecular flexibility index (Phi) is 1.85. The van der Waals surface area contributed by atoms with Crippen molar-refractivity contribution in [3.8, 4) is 0 Å². The van der Waals surface area contributed by atoms with Crippen molar-refractivity contribution in [3.63, 3.8) is 0 Å². The highest BCUT2D eigenvalue weighted by Gasteiger charge is 2.69. The van der Waals surface area contributed by atoms with E-state index in [9.17, 15) is 4.79 Å². The first-order valence-electron chi connectivity index (χ1n) is 6.61. The highest BCUT2D eigenvalue weighted by atomic mass is 16.1. The van der Waals surface area contributed by atoms with E-state index in [0.717, 1.165) is 24.7 Å². The topological polar surface area (TPSA) is 17.1 Å². The Morgan fingerprint density at radius 2 is 1.94 bits per heavy atom. The Morgan fingerprint density at radius 3 is 2.62 bits per heavy atom. The number of Topliss-reactive ketones (excluding diaryl/α,β-unsaturated/α-hetero) is 1. The summed E-state index contributed by atoms with van der Waals surface area (Å²) in [5, 5.41) is 0. The van der Waals surface area contributed by atoms with Crippen LogP contribution in [0.2, 0.25) is 0 Å². The van der Waals surface area contributed by atoms with Crippen LogP contribution in [-0.2, 0) is 4.79 Å². The van der Waals surface area contributed by atoms with Gasteiger partial charge in [0.25, 0.3) is 0 Å². The van der Waals surface area contributed by atoms with Crippen molar-refractivity contribution in [2.75, 3.05) is 0 Å². The molecule has 5 atom stereocenters. The largest absolute Gasteiger partial charge is 0.299 e. The van der Waals surface area contributed by atoms with Crippen molar-refractivity contribution in [2.24, 2.45) is 34.5 Å². The van der Waals surface area contributed by atoms with Crippen LogP contribution >= 0.6 is 0 Å². The third-order valence-corrected chi connectivity index (χ3v) is 5.99. The van der Waals surface area contributed by atoms with Gasteiger partial charge in [-0.2, -0.15) is 0 Å². The zero-order valence-corrected chi connectivity index (χ0v) is 10.8. The van der Waals surface area contributed by atoms with Crippen molar-refractivity contribution in [1.82, 2.24) is 0 Å². The standard InChI is InChI=1S/C15H22O/c1-9-5-8-12(16)10-6-7-11-13(14(11,2)3)15(9,10)4/h6-7,9-11,13H,5,8H2,1-4H3. The molecule has 0 amide bonds. The quantitative estimate of drug-likeness (QED) is 0.569. The van der Waals surface area contributed by atoms with E-state index in [2.05, 4.69) is 39.8 Å². The van der Waals surface area contributed by atoms with Gasteiger partial charge in [-0.05, 0) is 35.0 Å². The average Bonchev–Trinajstić information content (AvgIpc) is 2.78. The molecule has 0 spiro atoms. The first-order valence-corrected chi connectivity index (χ1v) is 6.61. The summed E-state index contributed by atoms with van der Waals surface area (Å²) in [6.45, 7) is 9.46. The van der Waals surface area contributed by atoms with Gasteiger partial charge >= 0.3 is 0 Å². The summed E-state index contributed by atoms with van der Waals surface area (Å²) in [4.78, 5) is 12.1. The average molecular weight is 218 g/mol. The SMILES string of the molecule is CC1CCC(=O)C2C=CC3C(C3(C)C)C12C. The van der Waals surface area contributed by atoms with Crippen LogP contribution < -0.4 is 0 Å². The van der Waals surface area contributed by atoms with Crippen LogP contribution in [0.15, 0.2) is 12.2 Å². The molecule has 2 fully saturated rings. The van der Waals surface area contributed by atoms with Gasteiger partial charge in [0.15, 0.2) is 0 Å². The first-order chi connectivity index (χ1) is 7.40. The molecule has 0 saturated heterocycles.